The van der Waals surface area contributed by atoms with Crippen molar-refractivity contribution < 1.29 is 9.50 Å². The van der Waals surface area contributed by atoms with Gasteiger partial charge in [-0.2, -0.15) is 0 Å². The van der Waals surface area contributed by atoms with E-state index in [9.17, 15) is 9.50 Å². The molecule has 0 fully saturated rings. The van der Waals surface area contributed by atoms with Crippen LogP contribution in [0.3, 0.4) is 0 Å². The summed E-state index contributed by atoms with van der Waals surface area (Å²) in [4.78, 5) is 6.56. The maximum absolute atomic E-state index is 13.3. The van der Waals surface area contributed by atoms with Crippen LogP contribution in [0, 0.1) is 5.82 Å². The molecular formula is C17H30FIN4O. The van der Waals surface area contributed by atoms with Crippen LogP contribution in [0.4, 0.5) is 4.39 Å². The zero-order valence-corrected chi connectivity index (χ0v) is 17.5. The second-order valence-electron chi connectivity index (χ2n) is 6.06. The van der Waals surface area contributed by atoms with E-state index in [4.69, 9.17) is 0 Å². The summed E-state index contributed by atoms with van der Waals surface area (Å²) in [5, 5.41) is 15.6. The smallest absolute Gasteiger partial charge is 0.191 e. The van der Waals surface area contributed by atoms with E-state index in [2.05, 4.69) is 48.2 Å². The van der Waals surface area contributed by atoms with Crippen molar-refractivity contribution in [2.75, 3.05) is 20.1 Å². The van der Waals surface area contributed by atoms with Crippen LogP contribution in [0.1, 0.15) is 33.3 Å². The molecule has 0 bridgehead atoms. The van der Waals surface area contributed by atoms with Crippen molar-refractivity contribution in [2.45, 2.75) is 46.3 Å². The molecule has 7 heteroatoms. The third-order valence-electron chi connectivity index (χ3n) is 3.68. The van der Waals surface area contributed by atoms with Gasteiger partial charge < -0.3 is 15.7 Å². The summed E-state index contributed by atoms with van der Waals surface area (Å²) >= 11 is 0. The lowest BCUT2D eigenvalue weighted by Gasteiger charge is -2.30. The third-order valence-corrected chi connectivity index (χ3v) is 3.68. The number of rotatable bonds is 7. The van der Waals surface area contributed by atoms with Crippen molar-refractivity contribution in [3.05, 3.63) is 29.6 Å². The number of halogens is 2. The molecule has 0 radical (unpaired) electrons. The Kier molecular flexibility index (Phi) is 10.9. The fourth-order valence-electron chi connectivity index (χ4n) is 2.48. The second kappa shape index (κ2) is 11.5. The van der Waals surface area contributed by atoms with Crippen molar-refractivity contribution in [3.8, 4) is 5.75 Å². The Labute approximate surface area is 161 Å². The largest absolute Gasteiger partial charge is 0.505 e. The van der Waals surface area contributed by atoms with Gasteiger partial charge in [0.25, 0.3) is 0 Å². The predicted molar refractivity (Wildman–Crippen MR) is 109 cm³/mol. The normalized spacial score (nSPS) is 11.8. The molecule has 0 atom stereocenters. The Bertz CT molecular complexity index is 515. The van der Waals surface area contributed by atoms with E-state index in [1.54, 1.807) is 13.1 Å². The number of guanidine groups is 1. The van der Waals surface area contributed by atoms with Gasteiger partial charge in [0, 0.05) is 38.8 Å². The molecule has 0 saturated heterocycles. The highest BCUT2D eigenvalue weighted by molar-refractivity contribution is 14.0. The molecule has 0 amide bonds. The molecule has 0 aliphatic heterocycles. The van der Waals surface area contributed by atoms with E-state index >= 15 is 0 Å². The fourth-order valence-corrected chi connectivity index (χ4v) is 2.48. The molecule has 0 unspecified atom stereocenters. The molecule has 24 heavy (non-hydrogen) atoms. The van der Waals surface area contributed by atoms with Gasteiger partial charge in [-0.05, 0) is 45.4 Å². The minimum absolute atomic E-state index is 0. The van der Waals surface area contributed by atoms with E-state index in [0.29, 0.717) is 24.6 Å². The van der Waals surface area contributed by atoms with Gasteiger partial charge in [-0.25, -0.2) is 4.39 Å². The Balaban J connectivity index is 0.00000529. The van der Waals surface area contributed by atoms with Crippen molar-refractivity contribution in [1.82, 2.24) is 15.5 Å². The molecule has 1 aromatic carbocycles. The number of benzene rings is 1. The first-order chi connectivity index (χ1) is 10.8. The van der Waals surface area contributed by atoms with Crippen LogP contribution in [0.2, 0.25) is 0 Å². The Hall–Kier alpha value is -1.09. The quantitative estimate of drug-likeness (QED) is 0.338. The van der Waals surface area contributed by atoms with Gasteiger partial charge in [-0.15, -0.1) is 24.0 Å². The molecule has 0 aliphatic carbocycles. The van der Waals surface area contributed by atoms with Crippen LogP contribution in [-0.4, -0.2) is 48.2 Å². The summed E-state index contributed by atoms with van der Waals surface area (Å²) in [7, 11) is 1.70. The van der Waals surface area contributed by atoms with Gasteiger partial charge in [-0.1, -0.05) is 6.07 Å². The van der Waals surface area contributed by atoms with Crippen LogP contribution in [-0.2, 0) is 6.54 Å². The second-order valence-corrected chi connectivity index (χ2v) is 6.06. The molecule has 3 N–H and O–H groups in total. The molecule has 0 aromatic heterocycles. The highest BCUT2D eigenvalue weighted by atomic mass is 127. The first-order valence-electron chi connectivity index (χ1n) is 8.02. The van der Waals surface area contributed by atoms with Gasteiger partial charge in [0.15, 0.2) is 17.5 Å². The topological polar surface area (TPSA) is 59.9 Å². The number of nitrogens with one attached hydrogen (secondary N) is 2. The number of hydrogen-bond acceptors (Lipinski definition) is 3. The predicted octanol–water partition coefficient (Wildman–Crippen LogP) is 2.93. The molecule has 5 nitrogen and oxygen atoms in total. The van der Waals surface area contributed by atoms with E-state index in [-0.39, 0.29) is 29.7 Å². The van der Waals surface area contributed by atoms with E-state index in [1.165, 1.54) is 12.1 Å². The SMILES string of the molecule is CN=C(NCCN(C(C)C)C(C)C)NCc1ccc(O)c(F)c1.I. The lowest BCUT2D eigenvalue weighted by Crippen LogP contribution is -2.45. The van der Waals surface area contributed by atoms with Gasteiger partial charge >= 0.3 is 0 Å². The average Bonchev–Trinajstić information content (AvgIpc) is 2.49. The maximum atomic E-state index is 13.3. The molecule has 0 spiro atoms. The molecule has 1 aromatic rings. The van der Waals surface area contributed by atoms with Gasteiger partial charge in [-0.3, -0.25) is 9.89 Å². The number of aromatic hydroxyl groups is 1. The molecule has 1 rings (SSSR count). The van der Waals surface area contributed by atoms with E-state index in [0.717, 1.165) is 18.7 Å². The van der Waals surface area contributed by atoms with Crippen molar-refractivity contribution >= 4 is 29.9 Å². The molecule has 0 heterocycles. The summed E-state index contributed by atoms with van der Waals surface area (Å²) < 4.78 is 13.3. The highest BCUT2D eigenvalue weighted by Crippen LogP contribution is 2.15. The van der Waals surface area contributed by atoms with E-state index in [1.807, 2.05) is 0 Å². The summed E-state index contributed by atoms with van der Waals surface area (Å²) in [6.07, 6.45) is 0. The lowest BCUT2D eigenvalue weighted by molar-refractivity contribution is 0.178. The minimum atomic E-state index is -0.614. The Morgan fingerprint density at radius 3 is 2.33 bits per heavy atom. The lowest BCUT2D eigenvalue weighted by atomic mass is 10.2. The third kappa shape index (κ3) is 7.65. The molecule has 0 aliphatic rings. The number of phenolic OH excluding ortho intramolecular Hbond substituents is 1. The summed E-state index contributed by atoms with van der Waals surface area (Å²) in [5.41, 5.74) is 0.745. The van der Waals surface area contributed by atoms with Crippen LogP contribution >= 0.6 is 24.0 Å². The van der Waals surface area contributed by atoms with Crippen LogP contribution in [0.15, 0.2) is 23.2 Å². The van der Waals surface area contributed by atoms with Gasteiger partial charge in [0.2, 0.25) is 0 Å². The zero-order chi connectivity index (χ0) is 17.4. The number of hydrogen-bond donors (Lipinski definition) is 3. The number of aliphatic imine (C=N–C) groups is 1. The maximum Gasteiger partial charge on any atom is 0.191 e. The first-order valence-corrected chi connectivity index (χ1v) is 8.02. The number of nitrogens with zero attached hydrogens (tertiary/aromatic N) is 2. The van der Waals surface area contributed by atoms with Crippen molar-refractivity contribution in [3.63, 3.8) is 0 Å². The van der Waals surface area contributed by atoms with Crippen molar-refractivity contribution in [2.24, 2.45) is 4.99 Å². The van der Waals surface area contributed by atoms with Gasteiger partial charge in [0.1, 0.15) is 0 Å². The molecule has 138 valence electrons. The van der Waals surface area contributed by atoms with E-state index < -0.39 is 5.82 Å². The minimum Gasteiger partial charge on any atom is -0.505 e. The van der Waals surface area contributed by atoms with Crippen LogP contribution < -0.4 is 10.6 Å². The fraction of sp³-hybridized carbons (Fsp3) is 0.588. The molecule has 0 saturated carbocycles. The van der Waals surface area contributed by atoms with Gasteiger partial charge in [0.05, 0.1) is 0 Å². The highest BCUT2D eigenvalue weighted by Gasteiger charge is 2.12. The first kappa shape index (κ1) is 22.9. The number of phenols is 1. The monoisotopic (exact) mass is 452 g/mol. The zero-order valence-electron chi connectivity index (χ0n) is 15.1. The Morgan fingerprint density at radius 2 is 1.83 bits per heavy atom. The molecular weight excluding hydrogens is 422 g/mol. The van der Waals surface area contributed by atoms with Crippen LogP contribution in [0.25, 0.3) is 0 Å². The average molecular weight is 452 g/mol. The summed E-state index contributed by atoms with van der Waals surface area (Å²) in [6.45, 7) is 10.9. The standard InChI is InChI=1S/C17H29FN4O.HI/c1-12(2)22(13(3)4)9-8-20-17(19-5)21-11-14-6-7-16(23)15(18)10-14;/h6-7,10,12-13,23H,8-9,11H2,1-5H3,(H2,19,20,21);1H. The van der Waals surface area contributed by atoms with Crippen molar-refractivity contribution in [1.29, 1.82) is 0 Å². The summed E-state index contributed by atoms with van der Waals surface area (Å²) in [6, 6.07) is 5.33. The Morgan fingerprint density at radius 1 is 1.21 bits per heavy atom. The summed E-state index contributed by atoms with van der Waals surface area (Å²) in [5.74, 6) is -0.276. The van der Waals surface area contributed by atoms with Crippen LogP contribution in [0.5, 0.6) is 5.75 Å².